The largest absolute Gasteiger partial charge is 0.480 e. The molecule has 0 saturated carbocycles. The van der Waals surface area contributed by atoms with Gasteiger partial charge in [0.2, 0.25) is 17.7 Å². The second-order valence-corrected chi connectivity index (χ2v) is 9.59. The van der Waals surface area contributed by atoms with Crippen molar-refractivity contribution in [2.75, 3.05) is 26.2 Å². The lowest BCUT2D eigenvalue weighted by Crippen LogP contribution is -2.57. The Morgan fingerprint density at radius 3 is 1.41 bits per heavy atom. The van der Waals surface area contributed by atoms with Crippen molar-refractivity contribution in [2.45, 2.75) is 88.4 Å². The van der Waals surface area contributed by atoms with Crippen LogP contribution in [0.4, 0.5) is 0 Å². The van der Waals surface area contributed by atoms with Gasteiger partial charge in [0.1, 0.15) is 18.1 Å². The first-order chi connectivity index (χ1) is 19.4. The number of nitrogens with one attached hydrogen (secondary N) is 3. The second-order valence-electron chi connectivity index (χ2n) is 9.59. The molecule has 0 radical (unpaired) electrons. The summed E-state index contributed by atoms with van der Waals surface area (Å²) in [7, 11) is 0. The number of aliphatic imine (C=N–C) groups is 2. The van der Waals surface area contributed by atoms with Gasteiger partial charge in [-0.1, -0.05) is 0 Å². The molecule has 236 valence electrons. The van der Waals surface area contributed by atoms with Gasteiger partial charge in [0.25, 0.3) is 0 Å². The van der Waals surface area contributed by atoms with Crippen molar-refractivity contribution in [1.82, 2.24) is 16.0 Å². The van der Waals surface area contributed by atoms with Gasteiger partial charge >= 0.3 is 5.97 Å². The molecule has 4 unspecified atom stereocenters. The molecule has 0 aliphatic carbocycles. The summed E-state index contributed by atoms with van der Waals surface area (Å²) in [5.74, 6) is -3.27. The van der Waals surface area contributed by atoms with E-state index >= 15 is 0 Å². The number of hydrogen-bond donors (Lipinski definition) is 11. The third kappa shape index (κ3) is 18.3. The molecule has 0 saturated heterocycles. The fraction of sp³-hybridized carbons (Fsp3) is 0.750. The van der Waals surface area contributed by atoms with Gasteiger partial charge in [-0.15, -0.1) is 0 Å². The first-order valence-corrected chi connectivity index (χ1v) is 13.8. The number of nitrogens with zero attached hydrogens (tertiary/aromatic N) is 2. The number of carbonyl (C=O) groups excluding carboxylic acids is 3. The van der Waals surface area contributed by atoms with E-state index in [1.54, 1.807) is 0 Å². The molecule has 0 heterocycles. The van der Waals surface area contributed by atoms with Crippen molar-refractivity contribution in [1.29, 1.82) is 0 Å². The lowest BCUT2D eigenvalue weighted by molar-refractivity contribution is -0.142. The minimum Gasteiger partial charge on any atom is -0.480 e. The molecule has 0 aliphatic rings. The van der Waals surface area contributed by atoms with Gasteiger partial charge in [-0.05, 0) is 77.3 Å². The van der Waals surface area contributed by atoms with Crippen LogP contribution in [-0.2, 0) is 19.2 Å². The van der Waals surface area contributed by atoms with Gasteiger partial charge < -0.3 is 61.2 Å². The van der Waals surface area contributed by atoms with E-state index in [2.05, 4.69) is 25.9 Å². The van der Waals surface area contributed by atoms with Crippen LogP contribution in [0, 0.1) is 0 Å². The molecule has 0 spiro atoms. The van der Waals surface area contributed by atoms with Crippen LogP contribution in [0.3, 0.4) is 0 Å². The highest BCUT2D eigenvalue weighted by Crippen LogP contribution is 2.08. The quantitative estimate of drug-likeness (QED) is 0.0312. The highest BCUT2D eigenvalue weighted by Gasteiger charge is 2.30. The predicted molar refractivity (Wildman–Crippen MR) is 157 cm³/mol. The minimum atomic E-state index is -1.21. The Labute approximate surface area is 240 Å². The summed E-state index contributed by atoms with van der Waals surface area (Å²) in [6.45, 7) is 1.26. The van der Waals surface area contributed by atoms with Gasteiger partial charge in [0.15, 0.2) is 11.9 Å². The Hall–Kier alpha value is -3.70. The molecule has 3 amide bonds. The highest BCUT2D eigenvalue weighted by molar-refractivity contribution is 5.94. The zero-order valence-corrected chi connectivity index (χ0v) is 23.7. The number of carbonyl (C=O) groups is 4. The number of rotatable bonds is 23. The first-order valence-electron chi connectivity index (χ1n) is 13.8. The molecule has 17 nitrogen and oxygen atoms in total. The maximum atomic E-state index is 13.3. The van der Waals surface area contributed by atoms with Gasteiger partial charge in [0, 0.05) is 13.1 Å². The van der Waals surface area contributed by atoms with E-state index in [4.69, 9.17) is 40.1 Å². The third-order valence-corrected chi connectivity index (χ3v) is 6.02. The van der Waals surface area contributed by atoms with Gasteiger partial charge in [0.05, 0.1) is 6.04 Å². The molecule has 0 bridgehead atoms. The molecule has 0 aromatic heterocycles. The maximum Gasteiger partial charge on any atom is 0.326 e. The van der Waals surface area contributed by atoms with Crippen molar-refractivity contribution in [3.05, 3.63) is 0 Å². The molecule has 0 fully saturated rings. The fourth-order valence-corrected chi connectivity index (χ4v) is 3.76. The normalized spacial score (nSPS) is 13.6. The Kier molecular flexibility index (Phi) is 20.1. The van der Waals surface area contributed by atoms with E-state index in [1.165, 1.54) is 0 Å². The SMILES string of the molecule is NCCCCC(NC(=O)C(CCCN=C(N)N)NC(=O)C(CCCCN)NC(=O)C(N)CCCN=C(N)N)C(=O)O. The van der Waals surface area contributed by atoms with E-state index < -0.39 is 47.9 Å². The molecule has 0 rings (SSSR count). The number of guanidine groups is 2. The Bertz CT molecular complexity index is 862. The monoisotopic (exact) mass is 586 g/mol. The lowest BCUT2D eigenvalue weighted by atomic mass is 10.0. The predicted octanol–water partition coefficient (Wildman–Crippen LogP) is -3.78. The molecular formula is C24H50N12O5. The summed E-state index contributed by atoms with van der Waals surface area (Å²) in [4.78, 5) is 58.6. The average molecular weight is 587 g/mol. The Morgan fingerprint density at radius 1 is 0.585 bits per heavy atom. The van der Waals surface area contributed by atoms with Crippen LogP contribution in [0.5, 0.6) is 0 Å². The average Bonchev–Trinajstić information content (AvgIpc) is 2.90. The zero-order valence-electron chi connectivity index (χ0n) is 23.7. The van der Waals surface area contributed by atoms with Crippen LogP contribution in [0.25, 0.3) is 0 Å². The van der Waals surface area contributed by atoms with Crippen molar-refractivity contribution in [3.63, 3.8) is 0 Å². The van der Waals surface area contributed by atoms with E-state index in [9.17, 15) is 24.3 Å². The summed E-state index contributed by atoms with van der Waals surface area (Å²) in [5.41, 5.74) is 38.3. The molecule has 0 aromatic rings. The van der Waals surface area contributed by atoms with E-state index in [1.807, 2.05) is 0 Å². The van der Waals surface area contributed by atoms with Gasteiger partial charge in [-0.25, -0.2) is 4.79 Å². The molecule has 0 aromatic carbocycles. The first kappa shape index (κ1) is 37.3. The zero-order chi connectivity index (χ0) is 31.2. The minimum absolute atomic E-state index is 0.0678. The van der Waals surface area contributed by atoms with Crippen LogP contribution >= 0.6 is 0 Å². The second kappa shape index (κ2) is 22.0. The molecule has 41 heavy (non-hydrogen) atoms. The van der Waals surface area contributed by atoms with Crippen LogP contribution < -0.4 is 56.1 Å². The number of carboxylic acids is 1. The molecule has 4 atom stereocenters. The number of carboxylic acid groups (broad SMARTS) is 1. The summed E-state index contributed by atoms with van der Waals surface area (Å²) < 4.78 is 0. The van der Waals surface area contributed by atoms with E-state index in [-0.39, 0.29) is 44.1 Å². The van der Waals surface area contributed by atoms with Crippen LogP contribution in [0.1, 0.15) is 64.2 Å². The van der Waals surface area contributed by atoms with Crippen molar-refractivity contribution < 1.29 is 24.3 Å². The smallest absolute Gasteiger partial charge is 0.326 e. The van der Waals surface area contributed by atoms with Crippen LogP contribution in [-0.4, -0.2) is 91.1 Å². The van der Waals surface area contributed by atoms with Crippen molar-refractivity contribution in [2.24, 2.45) is 50.1 Å². The molecule has 17 heteroatoms. The number of amides is 3. The van der Waals surface area contributed by atoms with Crippen molar-refractivity contribution in [3.8, 4) is 0 Å². The Morgan fingerprint density at radius 2 is 0.976 bits per heavy atom. The number of hydrogen-bond acceptors (Lipinski definition) is 9. The Balaban J connectivity index is 5.59. The van der Waals surface area contributed by atoms with Gasteiger partial charge in [-0.2, -0.15) is 0 Å². The van der Waals surface area contributed by atoms with Crippen LogP contribution in [0.15, 0.2) is 9.98 Å². The standard InChI is InChI=1S/C24H50N12O5/c25-11-3-1-8-16(34-19(37)15(27)7-5-13-32-23(28)29)20(38)35-17(10-6-14-33-24(30)31)21(39)36-18(22(40)41)9-2-4-12-26/h15-18H,1-14,25-27H2,(H,34,37)(H,35,38)(H,36,39)(H,40,41)(H4,28,29,32)(H4,30,31,33). The lowest BCUT2D eigenvalue weighted by Gasteiger charge is -2.25. The number of aliphatic carboxylic acids is 1. The fourth-order valence-electron chi connectivity index (χ4n) is 3.76. The molecular weight excluding hydrogens is 536 g/mol. The third-order valence-electron chi connectivity index (χ3n) is 6.02. The molecule has 18 N–H and O–H groups in total. The summed E-state index contributed by atoms with van der Waals surface area (Å²) in [5, 5.41) is 17.3. The van der Waals surface area contributed by atoms with E-state index in [0.717, 1.165) is 0 Å². The molecule has 0 aliphatic heterocycles. The van der Waals surface area contributed by atoms with Crippen LogP contribution in [0.2, 0.25) is 0 Å². The van der Waals surface area contributed by atoms with E-state index in [0.29, 0.717) is 58.2 Å². The van der Waals surface area contributed by atoms with Crippen molar-refractivity contribution >= 4 is 35.6 Å². The maximum absolute atomic E-state index is 13.3. The number of nitrogens with two attached hydrogens (primary N) is 7. The summed E-state index contributed by atoms with van der Waals surface area (Å²) in [6.07, 6.45) is 3.79. The number of unbranched alkanes of at least 4 members (excludes halogenated alkanes) is 2. The van der Waals surface area contributed by atoms with Gasteiger partial charge in [-0.3, -0.25) is 24.4 Å². The summed E-state index contributed by atoms with van der Waals surface area (Å²) in [6, 6.07) is -4.21. The highest BCUT2D eigenvalue weighted by atomic mass is 16.4. The summed E-state index contributed by atoms with van der Waals surface area (Å²) >= 11 is 0. The topological polar surface area (TPSA) is 331 Å².